The molecule has 3 aliphatic rings. The van der Waals surface area contributed by atoms with Crippen LogP contribution in [0.4, 0.5) is 0 Å². The van der Waals surface area contributed by atoms with E-state index in [0.29, 0.717) is 44.8 Å². The van der Waals surface area contributed by atoms with Crippen LogP contribution < -0.4 is 5.32 Å². The lowest BCUT2D eigenvalue weighted by Crippen LogP contribution is -2.55. The molecule has 2 unspecified atom stereocenters. The Labute approximate surface area is 184 Å². The zero-order valence-electron chi connectivity index (χ0n) is 17.7. The van der Waals surface area contributed by atoms with Gasteiger partial charge in [0.1, 0.15) is 0 Å². The van der Waals surface area contributed by atoms with E-state index in [2.05, 4.69) is 34.2 Å². The van der Waals surface area contributed by atoms with Gasteiger partial charge in [0, 0.05) is 62.8 Å². The molecule has 3 fully saturated rings. The predicted octanol–water partition coefficient (Wildman–Crippen LogP) is 1.64. The summed E-state index contributed by atoms with van der Waals surface area (Å²) in [5, 5.41) is 4.46. The van der Waals surface area contributed by atoms with Crippen LogP contribution in [0.15, 0.2) is 29.3 Å². The van der Waals surface area contributed by atoms with Crippen molar-refractivity contribution in [1.82, 2.24) is 20.0 Å². The topological polar surface area (TPSA) is 60.4 Å². The molecule has 2 aliphatic heterocycles. The number of guanidine groups is 1. The molecule has 164 valence electrons. The number of halogens is 1. The number of aliphatic imine (C=N–C) groups is 1. The Morgan fingerprint density at radius 3 is 2.63 bits per heavy atom. The summed E-state index contributed by atoms with van der Waals surface area (Å²) < 4.78 is 5.34. The van der Waals surface area contributed by atoms with Crippen LogP contribution in [0.2, 0.25) is 5.02 Å². The number of piperazine rings is 1. The number of hydrogen-bond acceptors (Lipinski definition) is 4. The van der Waals surface area contributed by atoms with Gasteiger partial charge in [-0.3, -0.25) is 14.7 Å². The minimum Gasteiger partial charge on any atom is -0.378 e. The Hall–Kier alpha value is -1.83. The molecule has 4 rings (SSSR count). The maximum Gasteiger partial charge on any atom is 0.236 e. The van der Waals surface area contributed by atoms with Crippen LogP contribution in [0, 0.1) is 0 Å². The van der Waals surface area contributed by atoms with Crippen LogP contribution in [0.1, 0.15) is 24.8 Å². The first-order valence-corrected chi connectivity index (χ1v) is 11.4. The fraction of sp³-hybridized carbons (Fsp3) is 0.636. The van der Waals surface area contributed by atoms with Crippen molar-refractivity contribution in [1.29, 1.82) is 0 Å². The van der Waals surface area contributed by atoms with E-state index in [1.54, 1.807) is 0 Å². The van der Waals surface area contributed by atoms with Crippen molar-refractivity contribution in [3.8, 4) is 0 Å². The van der Waals surface area contributed by atoms with E-state index < -0.39 is 0 Å². The molecule has 0 bridgehead atoms. The highest BCUT2D eigenvalue weighted by atomic mass is 35.5. The summed E-state index contributed by atoms with van der Waals surface area (Å²) in [6, 6.07) is 8.57. The second-order valence-electron chi connectivity index (χ2n) is 8.20. The number of benzene rings is 1. The molecule has 0 radical (unpaired) electrons. The molecule has 1 aromatic rings. The molecule has 30 heavy (non-hydrogen) atoms. The van der Waals surface area contributed by atoms with Gasteiger partial charge in [0.15, 0.2) is 5.96 Å². The van der Waals surface area contributed by atoms with Crippen LogP contribution in [0.3, 0.4) is 0 Å². The maximum atomic E-state index is 12.5. The molecule has 1 aromatic carbocycles. The van der Waals surface area contributed by atoms with Crippen LogP contribution in [0.25, 0.3) is 0 Å². The van der Waals surface area contributed by atoms with Gasteiger partial charge >= 0.3 is 0 Å². The molecule has 7 nitrogen and oxygen atoms in total. The summed E-state index contributed by atoms with van der Waals surface area (Å²) in [7, 11) is 0. The fourth-order valence-corrected chi connectivity index (χ4v) is 4.43. The Morgan fingerprint density at radius 2 is 1.93 bits per heavy atom. The molecule has 0 aromatic heterocycles. The highest BCUT2D eigenvalue weighted by Crippen LogP contribution is 2.41. The van der Waals surface area contributed by atoms with Crippen molar-refractivity contribution in [2.24, 2.45) is 4.99 Å². The lowest BCUT2D eigenvalue weighted by molar-refractivity contribution is -0.136. The van der Waals surface area contributed by atoms with E-state index in [1.807, 2.05) is 17.0 Å². The van der Waals surface area contributed by atoms with Crippen molar-refractivity contribution in [3.63, 3.8) is 0 Å². The largest absolute Gasteiger partial charge is 0.378 e. The minimum absolute atomic E-state index is 0.217. The van der Waals surface area contributed by atoms with Gasteiger partial charge in [-0.15, -0.1) is 0 Å². The number of morpholine rings is 1. The Balaban J connectivity index is 1.26. The molecule has 1 saturated carbocycles. The van der Waals surface area contributed by atoms with Crippen LogP contribution in [0.5, 0.6) is 0 Å². The summed E-state index contributed by atoms with van der Waals surface area (Å²) in [6.45, 7) is 9.59. The Bertz CT molecular complexity index is 760. The smallest absolute Gasteiger partial charge is 0.236 e. The van der Waals surface area contributed by atoms with Gasteiger partial charge in [-0.1, -0.05) is 23.7 Å². The molecule has 1 amide bonds. The second-order valence-corrected chi connectivity index (χ2v) is 8.64. The Kier molecular flexibility index (Phi) is 7.12. The first-order chi connectivity index (χ1) is 14.6. The zero-order valence-corrected chi connectivity index (χ0v) is 18.5. The van der Waals surface area contributed by atoms with Crippen molar-refractivity contribution >= 4 is 23.5 Å². The standard InChI is InChI=1S/C22H32ClN5O2/c1-2-24-22(25-20-15-19(20)17-4-3-5-18(23)14-17)28-8-6-26(7-9-28)16-21(29)27-10-12-30-13-11-27/h3-5,14,19-20H,2,6-13,15-16H2,1H3,(H,24,25). The van der Waals surface area contributed by atoms with E-state index in [4.69, 9.17) is 21.3 Å². The predicted molar refractivity (Wildman–Crippen MR) is 119 cm³/mol. The quantitative estimate of drug-likeness (QED) is 0.565. The van der Waals surface area contributed by atoms with E-state index in [1.165, 1.54) is 5.56 Å². The van der Waals surface area contributed by atoms with E-state index in [9.17, 15) is 4.79 Å². The zero-order chi connectivity index (χ0) is 20.9. The third-order valence-electron chi connectivity index (χ3n) is 6.08. The molecule has 1 N–H and O–H groups in total. The van der Waals surface area contributed by atoms with E-state index in [0.717, 1.165) is 50.1 Å². The van der Waals surface area contributed by atoms with Crippen molar-refractivity contribution in [2.45, 2.75) is 25.3 Å². The molecular formula is C22H32ClN5O2. The van der Waals surface area contributed by atoms with Crippen LogP contribution in [-0.2, 0) is 9.53 Å². The lowest BCUT2D eigenvalue weighted by atomic mass is 10.1. The first kappa shape index (κ1) is 21.4. The van der Waals surface area contributed by atoms with Crippen molar-refractivity contribution < 1.29 is 9.53 Å². The summed E-state index contributed by atoms with van der Waals surface area (Å²) in [5.74, 6) is 1.71. The SMILES string of the molecule is CCN=C(NC1CC1c1cccc(Cl)c1)N1CCN(CC(=O)N2CCOCC2)CC1. The van der Waals surface area contributed by atoms with Crippen LogP contribution in [-0.4, -0.2) is 98.2 Å². The highest BCUT2D eigenvalue weighted by molar-refractivity contribution is 6.30. The molecule has 0 spiro atoms. The number of nitrogens with one attached hydrogen (secondary N) is 1. The molecule has 1 aliphatic carbocycles. The molecule has 8 heteroatoms. The number of nitrogens with zero attached hydrogens (tertiary/aromatic N) is 4. The number of carbonyl (C=O) groups is 1. The number of ether oxygens (including phenoxy) is 1. The van der Waals surface area contributed by atoms with Gasteiger partial charge in [-0.2, -0.15) is 0 Å². The van der Waals surface area contributed by atoms with E-state index >= 15 is 0 Å². The maximum absolute atomic E-state index is 12.5. The van der Waals surface area contributed by atoms with Gasteiger partial charge in [0.05, 0.1) is 19.8 Å². The third kappa shape index (κ3) is 5.45. The summed E-state index contributed by atoms with van der Waals surface area (Å²) >= 11 is 6.15. The van der Waals surface area contributed by atoms with Gasteiger partial charge in [0.2, 0.25) is 5.91 Å². The van der Waals surface area contributed by atoms with Gasteiger partial charge < -0.3 is 19.9 Å². The average Bonchev–Trinajstić information content (AvgIpc) is 3.54. The number of amides is 1. The van der Waals surface area contributed by atoms with Crippen LogP contribution >= 0.6 is 11.6 Å². The molecule has 2 atom stereocenters. The number of carbonyl (C=O) groups excluding carboxylic acids is 1. The third-order valence-corrected chi connectivity index (χ3v) is 6.32. The fourth-order valence-electron chi connectivity index (χ4n) is 4.23. The second kappa shape index (κ2) is 9.98. The summed E-state index contributed by atoms with van der Waals surface area (Å²) in [4.78, 5) is 23.7. The normalized spacial score (nSPS) is 25.3. The highest BCUT2D eigenvalue weighted by Gasteiger charge is 2.40. The summed E-state index contributed by atoms with van der Waals surface area (Å²) in [6.07, 6.45) is 1.11. The Morgan fingerprint density at radius 1 is 1.17 bits per heavy atom. The first-order valence-electron chi connectivity index (χ1n) is 11.0. The van der Waals surface area contributed by atoms with Gasteiger partial charge in [-0.25, -0.2) is 0 Å². The van der Waals surface area contributed by atoms with Gasteiger partial charge in [-0.05, 0) is 31.0 Å². The lowest BCUT2D eigenvalue weighted by Gasteiger charge is -2.37. The average molecular weight is 434 g/mol. The summed E-state index contributed by atoms with van der Waals surface area (Å²) in [5.41, 5.74) is 1.29. The van der Waals surface area contributed by atoms with Gasteiger partial charge in [0.25, 0.3) is 0 Å². The minimum atomic E-state index is 0.217. The van der Waals surface area contributed by atoms with Crippen molar-refractivity contribution in [3.05, 3.63) is 34.9 Å². The monoisotopic (exact) mass is 433 g/mol. The molecular weight excluding hydrogens is 402 g/mol. The van der Waals surface area contributed by atoms with E-state index in [-0.39, 0.29) is 5.91 Å². The number of rotatable bonds is 5. The number of hydrogen-bond donors (Lipinski definition) is 1. The molecule has 2 heterocycles. The molecule has 2 saturated heterocycles. The van der Waals surface area contributed by atoms with Crippen molar-refractivity contribution in [2.75, 3.05) is 65.6 Å².